The number of benzene rings is 2. The van der Waals surface area contributed by atoms with Gasteiger partial charge in [0, 0.05) is 35.9 Å². The lowest BCUT2D eigenvalue weighted by Gasteiger charge is -2.11. The molecule has 4 heteroatoms. The van der Waals surface area contributed by atoms with Gasteiger partial charge in [0.1, 0.15) is 0 Å². The van der Waals surface area contributed by atoms with Crippen LogP contribution >= 0.6 is 0 Å². The fourth-order valence-corrected chi connectivity index (χ4v) is 2.57. The highest BCUT2D eigenvalue weighted by Gasteiger charge is 2.14. The summed E-state index contributed by atoms with van der Waals surface area (Å²) in [5, 5.41) is 2.24. The van der Waals surface area contributed by atoms with Crippen LogP contribution in [-0.2, 0) is 0 Å². The number of hydrogen-bond acceptors (Lipinski definition) is 4. The van der Waals surface area contributed by atoms with Crippen molar-refractivity contribution in [1.29, 1.82) is 0 Å². The molecule has 0 aliphatic carbocycles. The van der Waals surface area contributed by atoms with Gasteiger partial charge < -0.3 is 0 Å². The third-order valence-corrected chi connectivity index (χ3v) is 3.53. The Morgan fingerprint density at radius 3 is 1.91 bits per heavy atom. The Labute approximate surface area is 127 Å². The van der Waals surface area contributed by atoms with E-state index >= 15 is 0 Å². The number of hydrogen-bond donors (Lipinski definition) is 0. The van der Waals surface area contributed by atoms with Crippen LogP contribution in [0.4, 0.5) is 0 Å². The Morgan fingerprint density at radius 1 is 0.545 bits per heavy atom. The quantitative estimate of drug-likeness (QED) is 0.562. The molecule has 0 bridgehead atoms. The largest absolute Gasteiger partial charge is 0.237 e. The van der Waals surface area contributed by atoms with E-state index in [2.05, 4.69) is 38.1 Å². The molecule has 2 aromatic heterocycles. The summed E-state index contributed by atoms with van der Waals surface area (Å²) in [6.45, 7) is 0. The van der Waals surface area contributed by atoms with Gasteiger partial charge in [0.05, 0.1) is 0 Å². The third kappa shape index (κ3) is 2.11. The molecule has 0 aliphatic heterocycles. The number of rotatable bonds is 2. The van der Waals surface area contributed by atoms with Crippen molar-refractivity contribution in [3.05, 3.63) is 73.3 Å². The van der Waals surface area contributed by atoms with Gasteiger partial charge in [-0.05, 0) is 29.0 Å². The summed E-state index contributed by atoms with van der Waals surface area (Å²) in [7, 11) is 0. The number of aromatic nitrogens is 4. The maximum absolute atomic E-state index is 4.42. The lowest BCUT2D eigenvalue weighted by Crippen LogP contribution is -1.95. The van der Waals surface area contributed by atoms with Crippen LogP contribution in [0.15, 0.2) is 73.3 Å². The highest BCUT2D eigenvalue weighted by Crippen LogP contribution is 2.34. The summed E-state index contributed by atoms with van der Waals surface area (Å²) in [5.41, 5.74) is 1.90. The second-order valence-corrected chi connectivity index (χ2v) is 4.85. The number of nitrogens with zero attached hydrogens (tertiary/aromatic N) is 4. The second kappa shape index (κ2) is 5.33. The van der Waals surface area contributed by atoms with Crippen molar-refractivity contribution in [1.82, 2.24) is 19.9 Å². The van der Waals surface area contributed by atoms with Gasteiger partial charge >= 0.3 is 0 Å². The first-order valence-corrected chi connectivity index (χ1v) is 7.00. The van der Waals surface area contributed by atoms with E-state index in [1.54, 1.807) is 24.8 Å². The second-order valence-electron chi connectivity index (χ2n) is 4.85. The first kappa shape index (κ1) is 12.6. The monoisotopic (exact) mass is 284 g/mol. The molecular formula is C18H12N4. The van der Waals surface area contributed by atoms with Crippen LogP contribution in [0.2, 0.25) is 0 Å². The van der Waals surface area contributed by atoms with Gasteiger partial charge in [-0.15, -0.1) is 0 Å². The molecule has 0 N–H and O–H groups in total. The Bertz CT molecular complexity index is 921. The molecule has 0 aliphatic rings. The van der Waals surface area contributed by atoms with Gasteiger partial charge in [0.15, 0.2) is 11.6 Å². The highest BCUT2D eigenvalue weighted by atomic mass is 14.9. The minimum Gasteiger partial charge on any atom is -0.237 e. The van der Waals surface area contributed by atoms with Crippen molar-refractivity contribution in [3.8, 4) is 22.8 Å². The van der Waals surface area contributed by atoms with Crippen molar-refractivity contribution in [2.24, 2.45) is 0 Å². The van der Waals surface area contributed by atoms with Gasteiger partial charge in [-0.1, -0.05) is 30.3 Å². The van der Waals surface area contributed by atoms with Crippen LogP contribution in [0.5, 0.6) is 0 Å². The summed E-state index contributed by atoms with van der Waals surface area (Å²) < 4.78 is 0. The van der Waals surface area contributed by atoms with Crippen LogP contribution in [0.25, 0.3) is 33.5 Å². The van der Waals surface area contributed by atoms with Crippen molar-refractivity contribution >= 4 is 10.8 Å². The zero-order chi connectivity index (χ0) is 14.8. The van der Waals surface area contributed by atoms with Crippen molar-refractivity contribution in [3.63, 3.8) is 0 Å². The molecule has 0 unspecified atom stereocenters. The molecule has 0 fully saturated rings. The van der Waals surface area contributed by atoms with Crippen molar-refractivity contribution in [2.75, 3.05) is 0 Å². The molecule has 2 aromatic carbocycles. The lowest BCUT2D eigenvalue weighted by atomic mass is 9.97. The molecule has 0 spiro atoms. The predicted octanol–water partition coefficient (Wildman–Crippen LogP) is 3.75. The highest BCUT2D eigenvalue weighted by molar-refractivity contribution is 6.01. The van der Waals surface area contributed by atoms with Crippen LogP contribution < -0.4 is 0 Å². The van der Waals surface area contributed by atoms with Crippen molar-refractivity contribution < 1.29 is 0 Å². The minimum absolute atomic E-state index is 0.677. The normalized spacial score (nSPS) is 10.7. The van der Waals surface area contributed by atoms with Gasteiger partial charge in [-0.2, -0.15) is 0 Å². The fourth-order valence-electron chi connectivity index (χ4n) is 2.57. The van der Waals surface area contributed by atoms with Gasteiger partial charge in [-0.3, -0.25) is 0 Å². The first-order chi connectivity index (χ1) is 10.9. The van der Waals surface area contributed by atoms with E-state index in [1.807, 2.05) is 30.3 Å². The lowest BCUT2D eigenvalue weighted by molar-refractivity contribution is 1.16. The van der Waals surface area contributed by atoms with E-state index in [-0.39, 0.29) is 0 Å². The zero-order valence-electron chi connectivity index (χ0n) is 11.7. The summed E-state index contributed by atoms with van der Waals surface area (Å²) >= 11 is 0. The van der Waals surface area contributed by atoms with E-state index in [0.717, 1.165) is 21.9 Å². The van der Waals surface area contributed by atoms with Crippen LogP contribution in [0.3, 0.4) is 0 Å². The maximum Gasteiger partial charge on any atom is 0.160 e. The standard InChI is InChI=1S/C18H12N4/c1-2-6-14-13(5-1)7-8-15(17-19-9-3-10-20-17)16(14)18-21-11-4-12-22-18/h1-12H. The molecule has 0 radical (unpaired) electrons. The molecule has 2 heterocycles. The summed E-state index contributed by atoms with van der Waals surface area (Å²) in [4.78, 5) is 17.6. The molecule has 4 rings (SSSR count). The van der Waals surface area contributed by atoms with Crippen LogP contribution in [-0.4, -0.2) is 19.9 Å². The van der Waals surface area contributed by atoms with E-state index in [0.29, 0.717) is 11.6 Å². The SMILES string of the molecule is c1cnc(-c2ccc3ccccc3c2-c2ncccn2)nc1. The molecule has 0 atom stereocenters. The average Bonchev–Trinajstić information content (AvgIpc) is 2.62. The van der Waals surface area contributed by atoms with E-state index in [4.69, 9.17) is 0 Å². The van der Waals surface area contributed by atoms with Gasteiger partial charge in [-0.25, -0.2) is 19.9 Å². The van der Waals surface area contributed by atoms with E-state index in [9.17, 15) is 0 Å². The Hall–Kier alpha value is -3.14. The van der Waals surface area contributed by atoms with Crippen LogP contribution in [0, 0.1) is 0 Å². The van der Waals surface area contributed by atoms with E-state index in [1.165, 1.54) is 0 Å². The molecule has 0 amide bonds. The third-order valence-electron chi connectivity index (χ3n) is 3.53. The van der Waals surface area contributed by atoms with Gasteiger partial charge in [0.25, 0.3) is 0 Å². The number of fused-ring (bicyclic) bond motifs is 1. The van der Waals surface area contributed by atoms with Crippen molar-refractivity contribution in [2.45, 2.75) is 0 Å². The average molecular weight is 284 g/mol. The minimum atomic E-state index is 0.677. The zero-order valence-corrected chi connectivity index (χ0v) is 11.7. The van der Waals surface area contributed by atoms with Gasteiger partial charge in [0.2, 0.25) is 0 Å². The predicted molar refractivity (Wildman–Crippen MR) is 86.0 cm³/mol. The fraction of sp³-hybridized carbons (Fsp3) is 0. The molecule has 0 saturated carbocycles. The molecule has 4 aromatic rings. The Kier molecular flexibility index (Phi) is 3.05. The smallest absolute Gasteiger partial charge is 0.160 e. The molecule has 22 heavy (non-hydrogen) atoms. The van der Waals surface area contributed by atoms with E-state index < -0.39 is 0 Å². The topological polar surface area (TPSA) is 51.6 Å². The maximum atomic E-state index is 4.42. The first-order valence-electron chi connectivity index (χ1n) is 7.00. The molecule has 4 nitrogen and oxygen atoms in total. The molecule has 104 valence electrons. The molecular weight excluding hydrogens is 272 g/mol. The Balaban J connectivity index is 2.09. The Morgan fingerprint density at radius 2 is 1.18 bits per heavy atom. The summed E-state index contributed by atoms with van der Waals surface area (Å²) in [6, 6.07) is 15.9. The molecule has 0 saturated heterocycles. The summed E-state index contributed by atoms with van der Waals surface area (Å²) in [5.74, 6) is 1.36. The van der Waals surface area contributed by atoms with Crippen LogP contribution in [0.1, 0.15) is 0 Å². The summed E-state index contributed by atoms with van der Waals surface area (Å²) in [6.07, 6.45) is 6.99.